The van der Waals surface area contributed by atoms with Crippen LogP contribution in [0.5, 0.6) is 11.5 Å². The van der Waals surface area contributed by atoms with Crippen molar-refractivity contribution in [3.63, 3.8) is 0 Å². The monoisotopic (exact) mass is 498 g/mol. The van der Waals surface area contributed by atoms with E-state index in [0.717, 1.165) is 16.7 Å². The Morgan fingerprint density at radius 2 is 1.59 bits per heavy atom. The molecule has 0 N–H and O–H groups in total. The van der Waals surface area contributed by atoms with E-state index in [1.807, 2.05) is 18.2 Å². The zero-order chi connectivity index (χ0) is 23.5. The standard InChI is InChI=1S/C25H26N2O5S2/c28-25(18-33-21-7-6-19-4-1-2-5-20(19)16-21)26-10-12-27(13-11-26)34(29,30)22-8-9-23-24(17-22)32-15-3-14-31-23/h1-2,4-9,16-17H,3,10-15,18H2. The van der Waals surface area contributed by atoms with E-state index in [9.17, 15) is 13.2 Å². The van der Waals surface area contributed by atoms with Gasteiger partial charge < -0.3 is 14.4 Å². The molecule has 2 aliphatic heterocycles. The number of piperazine rings is 1. The third-order valence-electron chi connectivity index (χ3n) is 6.03. The van der Waals surface area contributed by atoms with Crippen molar-refractivity contribution >= 4 is 38.5 Å². The zero-order valence-electron chi connectivity index (χ0n) is 18.7. The summed E-state index contributed by atoms with van der Waals surface area (Å²) in [6.07, 6.45) is 0.756. The molecule has 1 fully saturated rings. The van der Waals surface area contributed by atoms with Crippen LogP contribution in [0.1, 0.15) is 6.42 Å². The SMILES string of the molecule is O=C(CSc1ccc2ccccc2c1)N1CCN(S(=O)(=O)c2ccc3c(c2)OCCCO3)CC1. The molecule has 0 saturated carbocycles. The van der Waals surface area contributed by atoms with E-state index in [-0.39, 0.29) is 23.9 Å². The second kappa shape index (κ2) is 9.85. The molecule has 0 unspecified atom stereocenters. The van der Waals surface area contributed by atoms with Gasteiger partial charge in [0.15, 0.2) is 11.5 Å². The Labute approximate surface area is 203 Å². The van der Waals surface area contributed by atoms with Gasteiger partial charge in [0.1, 0.15) is 0 Å². The molecule has 0 bridgehead atoms. The summed E-state index contributed by atoms with van der Waals surface area (Å²) in [4.78, 5) is 15.7. The number of amides is 1. The van der Waals surface area contributed by atoms with Crippen molar-refractivity contribution in [3.8, 4) is 11.5 Å². The maximum absolute atomic E-state index is 13.2. The highest BCUT2D eigenvalue weighted by molar-refractivity contribution is 8.00. The second-order valence-electron chi connectivity index (χ2n) is 8.24. The number of thioether (sulfide) groups is 1. The molecule has 178 valence electrons. The maximum atomic E-state index is 13.2. The summed E-state index contributed by atoms with van der Waals surface area (Å²) in [6.45, 7) is 2.33. The number of ether oxygens (including phenoxy) is 2. The van der Waals surface area contributed by atoms with Crippen LogP contribution in [-0.4, -0.2) is 68.7 Å². The molecule has 1 amide bonds. The lowest BCUT2D eigenvalue weighted by molar-refractivity contribution is -0.129. The summed E-state index contributed by atoms with van der Waals surface area (Å²) in [5, 5.41) is 2.32. The normalized spacial score (nSPS) is 16.9. The fourth-order valence-electron chi connectivity index (χ4n) is 4.12. The first-order chi connectivity index (χ1) is 16.5. The minimum Gasteiger partial charge on any atom is -0.490 e. The molecule has 0 aromatic heterocycles. The fraction of sp³-hybridized carbons (Fsp3) is 0.320. The van der Waals surface area contributed by atoms with Crippen molar-refractivity contribution in [3.05, 3.63) is 60.7 Å². The van der Waals surface area contributed by atoms with E-state index in [2.05, 4.69) is 24.3 Å². The lowest BCUT2D eigenvalue weighted by Crippen LogP contribution is -2.50. The summed E-state index contributed by atoms with van der Waals surface area (Å²) >= 11 is 1.51. The first-order valence-corrected chi connectivity index (χ1v) is 13.7. The van der Waals surface area contributed by atoms with Gasteiger partial charge in [-0.05, 0) is 35.0 Å². The van der Waals surface area contributed by atoms with Crippen LogP contribution in [-0.2, 0) is 14.8 Å². The van der Waals surface area contributed by atoms with E-state index in [1.54, 1.807) is 17.0 Å². The summed E-state index contributed by atoms with van der Waals surface area (Å²) in [7, 11) is -3.68. The Morgan fingerprint density at radius 1 is 0.853 bits per heavy atom. The van der Waals surface area contributed by atoms with Gasteiger partial charge in [0, 0.05) is 43.6 Å². The van der Waals surface area contributed by atoms with Crippen molar-refractivity contribution in [2.24, 2.45) is 0 Å². The van der Waals surface area contributed by atoms with Crippen LogP contribution in [0.3, 0.4) is 0 Å². The predicted molar refractivity (Wildman–Crippen MR) is 132 cm³/mol. The van der Waals surface area contributed by atoms with E-state index in [0.29, 0.717) is 43.6 Å². The van der Waals surface area contributed by atoms with Crippen LogP contribution in [0.2, 0.25) is 0 Å². The number of carbonyl (C=O) groups excluding carboxylic acids is 1. The minimum atomic E-state index is -3.68. The summed E-state index contributed by atoms with van der Waals surface area (Å²) < 4.78 is 39.0. The van der Waals surface area contributed by atoms with Crippen molar-refractivity contribution in [2.75, 3.05) is 45.1 Å². The molecule has 3 aromatic rings. The molecule has 0 spiro atoms. The maximum Gasteiger partial charge on any atom is 0.243 e. The Bertz CT molecular complexity index is 1300. The zero-order valence-corrected chi connectivity index (χ0v) is 20.3. The summed E-state index contributed by atoms with van der Waals surface area (Å²) in [6, 6.07) is 19.1. The Morgan fingerprint density at radius 3 is 2.38 bits per heavy atom. The first-order valence-electron chi connectivity index (χ1n) is 11.3. The van der Waals surface area contributed by atoms with Crippen molar-refractivity contribution in [1.82, 2.24) is 9.21 Å². The number of nitrogens with zero attached hydrogens (tertiary/aromatic N) is 2. The van der Waals surface area contributed by atoms with Crippen LogP contribution in [0.25, 0.3) is 10.8 Å². The van der Waals surface area contributed by atoms with Crippen molar-refractivity contribution in [1.29, 1.82) is 0 Å². The van der Waals surface area contributed by atoms with Gasteiger partial charge in [-0.25, -0.2) is 8.42 Å². The van der Waals surface area contributed by atoms with Crippen LogP contribution < -0.4 is 9.47 Å². The van der Waals surface area contributed by atoms with Crippen LogP contribution >= 0.6 is 11.8 Å². The lowest BCUT2D eigenvalue weighted by atomic mass is 10.1. The van der Waals surface area contributed by atoms with Crippen LogP contribution in [0.15, 0.2) is 70.5 Å². The molecule has 3 aromatic carbocycles. The molecule has 0 aliphatic carbocycles. The van der Waals surface area contributed by atoms with Crippen LogP contribution in [0.4, 0.5) is 0 Å². The predicted octanol–water partition coefficient (Wildman–Crippen LogP) is 3.63. The molecular weight excluding hydrogens is 472 g/mol. The van der Waals surface area contributed by atoms with E-state index in [1.165, 1.54) is 27.5 Å². The molecule has 2 aliphatic rings. The quantitative estimate of drug-likeness (QED) is 0.500. The van der Waals surface area contributed by atoms with Gasteiger partial charge >= 0.3 is 0 Å². The average molecular weight is 499 g/mol. The first kappa shape index (κ1) is 23.0. The third kappa shape index (κ3) is 4.87. The van der Waals surface area contributed by atoms with E-state index < -0.39 is 10.0 Å². The summed E-state index contributed by atoms with van der Waals surface area (Å²) in [5.41, 5.74) is 0. The summed E-state index contributed by atoms with van der Waals surface area (Å²) in [5.74, 6) is 1.37. The Hall–Kier alpha value is -2.75. The smallest absolute Gasteiger partial charge is 0.243 e. The van der Waals surface area contributed by atoms with Gasteiger partial charge in [-0.2, -0.15) is 4.31 Å². The third-order valence-corrected chi connectivity index (χ3v) is 8.90. The van der Waals surface area contributed by atoms with E-state index in [4.69, 9.17) is 9.47 Å². The number of hydrogen-bond donors (Lipinski definition) is 0. The minimum absolute atomic E-state index is 0.0192. The number of benzene rings is 3. The molecule has 0 atom stereocenters. The molecular formula is C25H26N2O5S2. The molecule has 0 radical (unpaired) electrons. The second-order valence-corrected chi connectivity index (χ2v) is 11.2. The number of carbonyl (C=O) groups is 1. The highest BCUT2D eigenvalue weighted by Gasteiger charge is 2.31. The van der Waals surface area contributed by atoms with Gasteiger partial charge in [0.05, 0.1) is 23.9 Å². The van der Waals surface area contributed by atoms with Crippen molar-refractivity contribution < 1.29 is 22.7 Å². The number of fused-ring (bicyclic) bond motifs is 2. The van der Waals surface area contributed by atoms with Gasteiger partial charge in [0.2, 0.25) is 15.9 Å². The molecule has 7 nitrogen and oxygen atoms in total. The molecule has 2 heterocycles. The van der Waals surface area contributed by atoms with Gasteiger partial charge in [-0.1, -0.05) is 30.3 Å². The number of sulfonamides is 1. The van der Waals surface area contributed by atoms with Gasteiger partial charge in [0.25, 0.3) is 0 Å². The largest absolute Gasteiger partial charge is 0.490 e. The Kier molecular flexibility index (Phi) is 6.67. The average Bonchev–Trinajstić information content (AvgIpc) is 3.12. The van der Waals surface area contributed by atoms with Crippen LogP contribution in [0, 0.1) is 0 Å². The molecule has 5 rings (SSSR count). The number of rotatable bonds is 5. The highest BCUT2D eigenvalue weighted by Crippen LogP contribution is 2.33. The lowest BCUT2D eigenvalue weighted by Gasteiger charge is -2.34. The Balaban J connectivity index is 1.18. The topological polar surface area (TPSA) is 76.2 Å². The molecule has 9 heteroatoms. The fourth-order valence-corrected chi connectivity index (χ4v) is 6.41. The number of hydrogen-bond acceptors (Lipinski definition) is 6. The van der Waals surface area contributed by atoms with Crippen molar-refractivity contribution in [2.45, 2.75) is 16.2 Å². The highest BCUT2D eigenvalue weighted by atomic mass is 32.2. The molecule has 1 saturated heterocycles. The van der Waals surface area contributed by atoms with Gasteiger partial charge in [-0.3, -0.25) is 4.79 Å². The van der Waals surface area contributed by atoms with Gasteiger partial charge in [-0.15, -0.1) is 11.8 Å². The molecule has 34 heavy (non-hydrogen) atoms. The van der Waals surface area contributed by atoms with E-state index >= 15 is 0 Å².